The van der Waals surface area contributed by atoms with Gasteiger partial charge in [-0.3, -0.25) is 19.3 Å². The van der Waals surface area contributed by atoms with Gasteiger partial charge < -0.3 is 0 Å². The van der Waals surface area contributed by atoms with Gasteiger partial charge in [-0.2, -0.15) is 0 Å². The molecule has 3 rings (SSSR count). The van der Waals surface area contributed by atoms with Gasteiger partial charge in [0.25, 0.3) is 5.78 Å². The van der Waals surface area contributed by atoms with Crippen molar-refractivity contribution in [2.45, 2.75) is 25.8 Å². The molecule has 0 spiro atoms. The monoisotopic (exact) mass is 416 g/mol. The van der Waals surface area contributed by atoms with E-state index >= 15 is 0 Å². The zero-order valence-corrected chi connectivity index (χ0v) is 15.9. The van der Waals surface area contributed by atoms with Crippen molar-refractivity contribution < 1.29 is 9.59 Å². The highest BCUT2D eigenvalue weighted by molar-refractivity contribution is 9.10. The first kappa shape index (κ1) is 17.7. The summed E-state index contributed by atoms with van der Waals surface area (Å²) in [6.07, 6.45) is 0. The van der Waals surface area contributed by atoms with Crippen LogP contribution in [0.1, 0.15) is 35.7 Å². The van der Waals surface area contributed by atoms with Crippen LogP contribution < -0.4 is 4.90 Å². The summed E-state index contributed by atoms with van der Waals surface area (Å²) in [5, 5.41) is 0.363. The summed E-state index contributed by atoms with van der Waals surface area (Å²) in [4.78, 5) is 30.3. The highest BCUT2D eigenvalue weighted by Gasteiger charge is 2.45. The number of carbonyl (C=O) groups excluding carboxylic acids is 2. The molecule has 0 aromatic heterocycles. The number of carbonyl (C=O) groups is 2. The van der Waals surface area contributed by atoms with Crippen LogP contribution in [-0.2, 0) is 4.79 Å². The van der Waals surface area contributed by atoms with Crippen molar-refractivity contribution in [3.63, 3.8) is 0 Å². The number of para-hydroxylation sites is 1. The first-order chi connectivity index (χ1) is 11.9. The Labute approximate surface area is 159 Å². The molecule has 0 fully saturated rings. The number of halogens is 2. The van der Waals surface area contributed by atoms with Crippen LogP contribution in [-0.4, -0.2) is 17.7 Å². The third-order valence-corrected chi connectivity index (χ3v) is 5.37. The molecule has 1 heterocycles. The van der Waals surface area contributed by atoms with Crippen molar-refractivity contribution in [2.24, 2.45) is 0 Å². The van der Waals surface area contributed by atoms with E-state index in [2.05, 4.69) is 20.8 Å². The standard InChI is InChI=1S/C19H14BrClN2O2/c1-10(2)11-6-4-5-7-15(11)23-16-9-13(20)14(21)8-12(16)18(24)17(22-3)19(23)25/h4-10,17H,1-2H3. The van der Waals surface area contributed by atoms with Crippen LogP contribution >= 0.6 is 27.5 Å². The average Bonchev–Trinajstić information content (AvgIpc) is 2.58. The predicted octanol–water partition coefficient (Wildman–Crippen LogP) is 5.37. The van der Waals surface area contributed by atoms with E-state index in [4.69, 9.17) is 18.2 Å². The lowest BCUT2D eigenvalue weighted by Gasteiger charge is -2.31. The molecule has 4 nitrogen and oxygen atoms in total. The molecule has 0 saturated carbocycles. The molecule has 25 heavy (non-hydrogen) atoms. The van der Waals surface area contributed by atoms with E-state index in [1.807, 2.05) is 38.1 Å². The minimum Gasteiger partial charge on any atom is -0.294 e. The van der Waals surface area contributed by atoms with E-state index in [9.17, 15) is 9.59 Å². The second-order valence-corrected chi connectivity index (χ2v) is 7.33. The molecule has 6 heteroatoms. The molecule has 2 aromatic carbocycles. The van der Waals surface area contributed by atoms with Crippen LogP contribution in [0.3, 0.4) is 0 Å². The molecular weight excluding hydrogens is 404 g/mol. The number of hydrogen-bond donors (Lipinski definition) is 0. The lowest BCUT2D eigenvalue weighted by atomic mass is 9.93. The smallest absolute Gasteiger partial charge is 0.294 e. The zero-order valence-electron chi connectivity index (χ0n) is 13.6. The molecule has 1 unspecified atom stereocenters. The van der Waals surface area contributed by atoms with Gasteiger partial charge in [0.05, 0.1) is 22.0 Å². The van der Waals surface area contributed by atoms with E-state index in [1.165, 1.54) is 11.0 Å². The Morgan fingerprint density at radius 2 is 1.88 bits per heavy atom. The minimum atomic E-state index is -1.38. The fourth-order valence-corrected chi connectivity index (χ4v) is 3.46. The van der Waals surface area contributed by atoms with Gasteiger partial charge >= 0.3 is 11.9 Å². The molecule has 1 aliphatic rings. The number of hydrogen-bond acceptors (Lipinski definition) is 2. The van der Waals surface area contributed by atoms with Crippen molar-refractivity contribution in [1.82, 2.24) is 0 Å². The summed E-state index contributed by atoms with van der Waals surface area (Å²) in [6, 6.07) is 9.30. The molecule has 1 atom stereocenters. The highest BCUT2D eigenvalue weighted by atomic mass is 79.9. The van der Waals surface area contributed by atoms with Gasteiger partial charge in [-0.25, -0.2) is 6.57 Å². The second-order valence-electron chi connectivity index (χ2n) is 6.07. The molecule has 1 aliphatic heterocycles. The summed E-state index contributed by atoms with van der Waals surface area (Å²) in [5.41, 5.74) is 2.37. The topological polar surface area (TPSA) is 41.7 Å². The van der Waals surface area contributed by atoms with Crippen LogP contribution in [0.5, 0.6) is 0 Å². The van der Waals surface area contributed by atoms with Crippen molar-refractivity contribution in [3.8, 4) is 0 Å². The molecule has 0 radical (unpaired) electrons. The van der Waals surface area contributed by atoms with E-state index in [1.54, 1.807) is 6.07 Å². The Balaban J connectivity index is 2.32. The fraction of sp³-hybridized carbons (Fsp3) is 0.211. The van der Waals surface area contributed by atoms with Gasteiger partial charge in [0.1, 0.15) is 0 Å². The molecule has 0 aliphatic carbocycles. The maximum atomic E-state index is 12.9. The quantitative estimate of drug-likeness (QED) is 0.486. The number of ketones is 1. The average molecular weight is 418 g/mol. The van der Waals surface area contributed by atoms with Crippen LogP contribution in [0.15, 0.2) is 40.9 Å². The van der Waals surface area contributed by atoms with E-state index in [0.717, 1.165) is 5.56 Å². The Hall–Kier alpha value is -2.16. The van der Waals surface area contributed by atoms with Gasteiger partial charge in [-0.05, 0) is 45.6 Å². The molecule has 126 valence electrons. The number of amides is 1. The van der Waals surface area contributed by atoms with Crippen molar-refractivity contribution in [1.29, 1.82) is 0 Å². The van der Waals surface area contributed by atoms with Crippen molar-refractivity contribution in [2.75, 3.05) is 4.90 Å². The molecule has 1 amide bonds. The largest absolute Gasteiger partial charge is 0.362 e. The third kappa shape index (κ3) is 2.86. The molecule has 0 N–H and O–H groups in total. The maximum absolute atomic E-state index is 12.9. The van der Waals surface area contributed by atoms with E-state index < -0.39 is 17.7 Å². The number of anilines is 2. The van der Waals surface area contributed by atoms with Crippen LogP contribution in [0.25, 0.3) is 4.85 Å². The summed E-state index contributed by atoms with van der Waals surface area (Å²) in [7, 11) is 0. The summed E-state index contributed by atoms with van der Waals surface area (Å²) in [5.74, 6) is -0.871. The summed E-state index contributed by atoms with van der Waals surface area (Å²) < 4.78 is 0.585. The van der Waals surface area contributed by atoms with E-state index in [-0.39, 0.29) is 11.5 Å². The SMILES string of the molecule is [C-]#[N+]C1C(=O)c2cc(Cl)c(Br)cc2N(c2ccccc2C(C)C)C1=O. The van der Waals surface area contributed by atoms with Gasteiger partial charge in [-0.1, -0.05) is 43.6 Å². The molecule has 0 bridgehead atoms. The zero-order chi connectivity index (χ0) is 18.3. The minimum absolute atomic E-state index is 0.173. The maximum Gasteiger partial charge on any atom is 0.362 e. The van der Waals surface area contributed by atoms with Gasteiger partial charge in [0.2, 0.25) is 0 Å². The van der Waals surface area contributed by atoms with Crippen molar-refractivity contribution >= 4 is 50.6 Å². The third-order valence-electron chi connectivity index (χ3n) is 4.18. The molecule has 2 aromatic rings. The van der Waals surface area contributed by atoms with Crippen molar-refractivity contribution in [3.05, 3.63) is 68.4 Å². The van der Waals surface area contributed by atoms with E-state index in [0.29, 0.717) is 20.9 Å². The Bertz CT molecular complexity index is 934. The van der Waals surface area contributed by atoms with Gasteiger partial charge in [0.15, 0.2) is 0 Å². The van der Waals surface area contributed by atoms with Crippen LogP contribution in [0, 0.1) is 6.57 Å². The van der Waals surface area contributed by atoms with Gasteiger partial charge in [0, 0.05) is 4.47 Å². The lowest BCUT2D eigenvalue weighted by molar-refractivity contribution is -0.117. The molecular formula is C19H14BrClN2O2. The summed E-state index contributed by atoms with van der Waals surface area (Å²) >= 11 is 9.49. The second kappa shape index (κ2) is 6.62. The molecule has 0 saturated heterocycles. The Kier molecular flexibility index (Phi) is 4.68. The van der Waals surface area contributed by atoms with Crippen LogP contribution in [0.2, 0.25) is 5.02 Å². The first-order valence-electron chi connectivity index (χ1n) is 7.69. The lowest BCUT2D eigenvalue weighted by Crippen LogP contribution is -2.44. The number of fused-ring (bicyclic) bond motifs is 1. The summed E-state index contributed by atoms with van der Waals surface area (Å²) in [6.45, 7) is 11.4. The number of rotatable bonds is 2. The van der Waals surface area contributed by atoms with Gasteiger partial charge in [-0.15, -0.1) is 0 Å². The predicted molar refractivity (Wildman–Crippen MR) is 102 cm³/mol. The Morgan fingerprint density at radius 1 is 1.20 bits per heavy atom. The van der Waals surface area contributed by atoms with Crippen LogP contribution in [0.4, 0.5) is 11.4 Å². The number of benzene rings is 2. The Morgan fingerprint density at radius 3 is 2.52 bits per heavy atom. The fourth-order valence-electron chi connectivity index (χ4n) is 2.96. The first-order valence-corrected chi connectivity index (χ1v) is 8.86. The highest BCUT2D eigenvalue weighted by Crippen LogP contribution is 2.42. The number of Topliss-reactive ketones (excluding diaryl/α,β-unsaturated/α-hetero) is 1. The normalized spacial score (nSPS) is 16.8. The number of nitrogens with zero attached hydrogens (tertiary/aromatic N) is 2.